The Morgan fingerprint density at radius 1 is 1.35 bits per heavy atom. The van der Waals surface area contributed by atoms with Crippen LogP contribution < -0.4 is 5.32 Å². The molecule has 1 N–H and O–H groups in total. The van der Waals surface area contributed by atoms with Crippen molar-refractivity contribution >= 4 is 23.4 Å². The first-order valence-corrected chi connectivity index (χ1v) is 7.60. The number of hydrogen-bond acceptors (Lipinski definition) is 4. The summed E-state index contributed by atoms with van der Waals surface area (Å²) in [5.41, 5.74) is 1.23. The summed E-state index contributed by atoms with van der Waals surface area (Å²) in [5.74, 6) is 0. The molecule has 0 saturated heterocycles. The van der Waals surface area contributed by atoms with Crippen molar-refractivity contribution in [3.05, 3.63) is 35.1 Å². The van der Waals surface area contributed by atoms with Crippen LogP contribution in [0.3, 0.4) is 0 Å². The topological polar surface area (TPSA) is 42.7 Å². The molecule has 0 unspecified atom stereocenters. The number of aromatic nitrogens is 3. The van der Waals surface area contributed by atoms with E-state index in [9.17, 15) is 0 Å². The smallest absolute Gasteiger partial charge is 0.190 e. The highest BCUT2D eigenvalue weighted by Crippen LogP contribution is 2.30. The Bertz CT molecular complexity index is 589. The number of hydrogen-bond donors (Lipinski definition) is 1. The number of aryl methyl sites for hydroxylation is 1. The van der Waals surface area contributed by atoms with E-state index < -0.39 is 0 Å². The molecule has 0 aliphatic heterocycles. The fraction of sp³-hybridized carbons (Fsp3) is 0.429. The fourth-order valence-corrected chi connectivity index (χ4v) is 2.69. The molecule has 0 saturated carbocycles. The van der Waals surface area contributed by atoms with E-state index in [1.54, 1.807) is 22.8 Å². The molecule has 4 nitrogen and oxygen atoms in total. The molecule has 1 aromatic heterocycles. The maximum atomic E-state index is 6.11. The average Bonchev–Trinajstić information content (AvgIpc) is 2.74. The van der Waals surface area contributed by atoms with Gasteiger partial charge in [-0.3, -0.25) is 0 Å². The molecule has 0 bridgehead atoms. The highest BCUT2D eigenvalue weighted by Gasteiger charge is 2.13. The predicted molar refractivity (Wildman–Crippen MR) is 83.2 cm³/mol. The molecule has 2 rings (SSSR count). The number of rotatable bonds is 4. The van der Waals surface area contributed by atoms with Crippen molar-refractivity contribution in [3.63, 3.8) is 0 Å². The van der Waals surface area contributed by atoms with Crippen LogP contribution in [-0.2, 0) is 13.6 Å². The Morgan fingerprint density at radius 3 is 2.70 bits per heavy atom. The summed E-state index contributed by atoms with van der Waals surface area (Å²) >= 11 is 7.71. The molecule has 1 heterocycles. The van der Waals surface area contributed by atoms with Crippen LogP contribution in [-0.4, -0.2) is 20.3 Å². The molecule has 108 valence electrons. The first kappa shape index (κ1) is 15.4. The van der Waals surface area contributed by atoms with Crippen molar-refractivity contribution in [1.82, 2.24) is 20.1 Å². The van der Waals surface area contributed by atoms with Gasteiger partial charge in [-0.25, -0.2) is 9.67 Å². The second kappa shape index (κ2) is 6.16. The van der Waals surface area contributed by atoms with Crippen LogP contribution in [0.1, 0.15) is 26.3 Å². The van der Waals surface area contributed by atoms with E-state index in [4.69, 9.17) is 11.6 Å². The molecule has 0 spiro atoms. The number of halogens is 1. The Balaban J connectivity index is 2.21. The van der Waals surface area contributed by atoms with E-state index in [1.807, 2.05) is 25.2 Å². The summed E-state index contributed by atoms with van der Waals surface area (Å²) in [5, 5.41) is 9.19. The third-order valence-electron chi connectivity index (χ3n) is 2.70. The van der Waals surface area contributed by atoms with E-state index >= 15 is 0 Å². The molecular weight excluding hydrogens is 292 g/mol. The van der Waals surface area contributed by atoms with E-state index in [0.29, 0.717) is 0 Å². The summed E-state index contributed by atoms with van der Waals surface area (Å²) in [7, 11) is 1.89. The molecule has 1 aromatic carbocycles. The van der Waals surface area contributed by atoms with Gasteiger partial charge in [0.25, 0.3) is 0 Å². The zero-order valence-corrected chi connectivity index (χ0v) is 13.7. The normalized spacial score (nSPS) is 11.8. The Kier molecular flexibility index (Phi) is 4.73. The van der Waals surface area contributed by atoms with Gasteiger partial charge in [0.05, 0.1) is 0 Å². The monoisotopic (exact) mass is 310 g/mol. The van der Waals surface area contributed by atoms with Crippen LogP contribution in [0, 0.1) is 0 Å². The van der Waals surface area contributed by atoms with Crippen LogP contribution in [0.15, 0.2) is 34.6 Å². The summed E-state index contributed by atoms with van der Waals surface area (Å²) in [4.78, 5) is 5.39. The molecule has 20 heavy (non-hydrogen) atoms. The van der Waals surface area contributed by atoms with Gasteiger partial charge in [-0.1, -0.05) is 11.6 Å². The second-order valence-electron chi connectivity index (χ2n) is 5.62. The molecule has 0 fully saturated rings. The van der Waals surface area contributed by atoms with Crippen LogP contribution in [0.2, 0.25) is 5.02 Å². The van der Waals surface area contributed by atoms with Gasteiger partial charge in [0.1, 0.15) is 6.33 Å². The lowest BCUT2D eigenvalue weighted by Gasteiger charge is -2.21. The van der Waals surface area contributed by atoms with Crippen molar-refractivity contribution in [2.75, 3.05) is 0 Å². The minimum absolute atomic E-state index is 0.0645. The summed E-state index contributed by atoms with van der Waals surface area (Å²) in [6, 6.07) is 5.93. The van der Waals surface area contributed by atoms with E-state index in [0.717, 1.165) is 21.6 Å². The van der Waals surface area contributed by atoms with Gasteiger partial charge >= 0.3 is 0 Å². The quantitative estimate of drug-likeness (QED) is 0.938. The maximum absolute atomic E-state index is 6.11. The first-order chi connectivity index (χ1) is 9.35. The van der Waals surface area contributed by atoms with Crippen molar-refractivity contribution in [1.29, 1.82) is 0 Å². The Morgan fingerprint density at radius 2 is 2.10 bits per heavy atom. The minimum atomic E-state index is 0.0645. The fourth-order valence-electron chi connectivity index (χ4n) is 1.62. The standard InChI is InChI=1S/C14H19ClN4S/c1-14(2,3)17-8-10-7-11(15)5-6-12(10)20-13-16-9-18-19(13)4/h5-7,9,17H,8H2,1-4H3. The van der Waals surface area contributed by atoms with Gasteiger partial charge in [-0.05, 0) is 56.3 Å². The van der Waals surface area contributed by atoms with Crippen molar-refractivity contribution < 1.29 is 0 Å². The van der Waals surface area contributed by atoms with Gasteiger partial charge in [0.2, 0.25) is 0 Å². The second-order valence-corrected chi connectivity index (χ2v) is 7.07. The molecule has 6 heteroatoms. The highest BCUT2D eigenvalue weighted by atomic mass is 35.5. The van der Waals surface area contributed by atoms with Crippen LogP contribution in [0.4, 0.5) is 0 Å². The summed E-state index contributed by atoms with van der Waals surface area (Å²) in [6.45, 7) is 7.21. The third kappa shape index (κ3) is 4.23. The highest BCUT2D eigenvalue weighted by molar-refractivity contribution is 7.99. The Hall–Kier alpha value is -1.04. The molecule has 0 aliphatic carbocycles. The van der Waals surface area contributed by atoms with Crippen LogP contribution >= 0.6 is 23.4 Å². The lowest BCUT2D eigenvalue weighted by molar-refractivity contribution is 0.422. The van der Waals surface area contributed by atoms with Crippen molar-refractivity contribution in [2.24, 2.45) is 7.05 Å². The largest absolute Gasteiger partial charge is 0.308 e. The zero-order chi connectivity index (χ0) is 14.8. The molecule has 2 aromatic rings. The molecule has 0 aliphatic rings. The van der Waals surface area contributed by atoms with Crippen LogP contribution in [0.25, 0.3) is 0 Å². The SMILES string of the molecule is Cn1ncnc1Sc1ccc(Cl)cc1CNC(C)(C)C. The first-order valence-electron chi connectivity index (χ1n) is 6.40. The van der Waals surface area contributed by atoms with Gasteiger partial charge in [0, 0.05) is 29.0 Å². The number of benzene rings is 1. The molecular formula is C14H19ClN4S. The number of nitrogens with one attached hydrogen (secondary N) is 1. The summed E-state index contributed by atoms with van der Waals surface area (Å²) in [6.07, 6.45) is 1.56. The van der Waals surface area contributed by atoms with Gasteiger partial charge < -0.3 is 5.32 Å². The average molecular weight is 311 g/mol. The van der Waals surface area contributed by atoms with Crippen molar-refractivity contribution in [3.8, 4) is 0 Å². The van der Waals surface area contributed by atoms with Gasteiger partial charge in [0.15, 0.2) is 5.16 Å². The maximum Gasteiger partial charge on any atom is 0.190 e. The van der Waals surface area contributed by atoms with Gasteiger partial charge in [-0.15, -0.1) is 0 Å². The minimum Gasteiger partial charge on any atom is -0.308 e. The molecule has 0 radical (unpaired) electrons. The lowest BCUT2D eigenvalue weighted by Crippen LogP contribution is -2.35. The van der Waals surface area contributed by atoms with E-state index in [-0.39, 0.29) is 5.54 Å². The lowest BCUT2D eigenvalue weighted by atomic mass is 10.1. The van der Waals surface area contributed by atoms with E-state index in [1.165, 1.54) is 5.56 Å². The summed E-state index contributed by atoms with van der Waals surface area (Å²) < 4.78 is 1.76. The number of nitrogens with zero attached hydrogens (tertiary/aromatic N) is 3. The molecule has 0 atom stereocenters. The van der Waals surface area contributed by atoms with Crippen molar-refractivity contribution in [2.45, 2.75) is 42.9 Å². The van der Waals surface area contributed by atoms with Crippen LogP contribution in [0.5, 0.6) is 0 Å². The predicted octanol–water partition coefficient (Wildman–Crippen LogP) is 3.51. The molecule has 0 amide bonds. The third-order valence-corrected chi connectivity index (χ3v) is 4.11. The Labute approximate surface area is 128 Å². The van der Waals surface area contributed by atoms with Gasteiger partial charge in [-0.2, -0.15) is 5.10 Å². The van der Waals surface area contributed by atoms with E-state index in [2.05, 4.69) is 36.2 Å². The zero-order valence-electron chi connectivity index (χ0n) is 12.1.